The van der Waals surface area contributed by atoms with Gasteiger partial charge in [0.1, 0.15) is 5.84 Å². The van der Waals surface area contributed by atoms with Crippen LogP contribution in [0.1, 0.15) is 62.1 Å². The van der Waals surface area contributed by atoms with E-state index in [1.807, 2.05) is 25.1 Å². The fraction of sp³-hybridized carbons (Fsp3) is 0.588. The quantitative estimate of drug-likeness (QED) is 0.383. The smallest absolute Gasteiger partial charge is 0.122 e. The highest BCUT2D eigenvalue weighted by molar-refractivity contribution is 5.95. The number of nitrogens with two attached hydrogens (primary N) is 1. The zero-order chi connectivity index (χ0) is 14.8. The van der Waals surface area contributed by atoms with E-state index in [2.05, 4.69) is 6.92 Å². The lowest BCUT2D eigenvalue weighted by Crippen LogP contribution is -2.11. The largest absolute Gasteiger partial charge is 0.384 e. The van der Waals surface area contributed by atoms with E-state index in [1.54, 1.807) is 0 Å². The Morgan fingerprint density at radius 3 is 2.50 bits per heavy atom. The Bertz CT molecular complexity index is 415. The molecule has 0 saturated heterocycles. The fourth-order valence-electron chi connectivity index (χ4n) is 2.19. The molecule has 0 radical (unpaired) electrons. The summed E-state index contributed by atoms with van der Waals surface area (Å²) in [5.41, 5.74) is 8.58. The summed E-state index contributed by atoms with van der Waals surface area (Å²) < 4.78 is 5.72. The SMILES string of the molecule is CCCCCCCCOCc1ccc(C(=N)N)cc1C. The second kappa shape index (κ2) is 9.54. The number of unbranched alkanes of at least 4 members (excludes halogenated alkanes) is 5. The minimum atomic E-state index is 0.118. The van der Waals surface area contributed by atoms with Crippen LogP contribution in [-0.4, -0.2) is 12.4 Å². The summed E-state index contributed by atoms with van der Waals surface area (Å²) in [6, 6.07) is 5.85. The number of aryl methyl sites for hydroxylation is 1. The first-order valence-corrected chi connectivity index (χ1v) is 7.66. The third-order valence-electron chi connectivity index (χ3n) is 3.55. The molecule has 0 aromatic heterocycles. The van der Waals surface area contributed by atoms with Crippen LogP contribution in [0.3, 0.4) is 0 Å². The average Bonchev–Trinajstić information content (AvgIpc) is 2.43. The molecular formula is C17H28N2O. The molecule has 0 bridgehead atoms. The molecule has 0 fully saturated rings. The number of amidine groups is 1. The topological polar surface area (TPSA) is 59.1 Å². The van der Waals surface area contributed by atoms with Crippen LogP contribution in [0.4, 0.5) is 0 Å². The van der Waals surface area contributed by atoms with Crippen molar-refractivity contribution in [3.63, 3.8) is 0 Å². The Morgan fingerprint density at radius 1 is 1.15 bits per heavy atom. The van der Waals surface area contributed by atoms with Crippen LogP contribution in [0.25, 0.3) is 0 Å². The molecule has 20 heavy (non-hydrogen) atoms. The summed E-state index contributed by atoms with van der Waals surface area (Å²) in [5.74, 6) is 0.118. The van der Waals surface area contributed by atoms with E-state index in [-0.39, 0.29) is 5.84 Å². The molecule has 1 aromatic rings. The van der Waals surface area contributed by atoms with Crippen LogP contribution in [-0.2, 0) is 11.3 Å². The standard InChI is InChI=1S/C17H28N2O/c1-3-4-5-6-7-8-11-20-13-16-10-9-15(17(18)19)12-14(16)2/h9-10,12H,3-8,11,13H2,1-2H3,(H3,18,19). The van der Waals surface area contributed by atoms with Gasteiger partial charge in [0.2, 0.25) is 0 Å². The molecule has 0 saturated carbocycles. The van der Waals surface area contributed by atoms with Crippen molar-refractivity contribution in [2.24, 2.45) is 5.73 Å². The highest BCUT2D eigenvalue weighted by atomic mass is 16.5. The summed E-state index contributed by atoms with van der Waals surface area (Å²) >= 11 is 0. The maximum absolute atomic E-state index is 7.41. The second-order valence-electron chi connectivity index (χ2n) is 5.38. The highest BCUT2D eigenvalue weighted by Gasteiger charge is 2.02. The number of hydrogen-bond donors (Lipinski definition) is 2. The molecule has 0 spiro atoms. The van der Waals surface area contributed by atoms with Gasteiger partial charge in [0.15, 0.2) is 0 Å². The highest BCUT2D eigenvalue weighted by Crippen LogP contribution is 2.12. The van der Waals surface area contributed by atoms with Gasteiger partial charge in [-0.2, -0.15) is 0 Å². The van der Waals surface area contributed by atoms with E-state index in [1.165, 1.54) is 37.7 Å². The monoisotopic (exact) mass is 276 g/mol. The molecule has 3 N–H and O–H groups in total. The van der Waals surface area contributed by atoms with Crippen LogP contribution in [0.2, 0.25) is 0 Å². The Morgan fingerprint density at radius 2 is 1.85 bits per heavy atom. The van der Waals surface area contributed by atoms with E-state index >= 15 is 0 Å². The molecule has 1 aromatic carbocycles. The van der Waals surface area contributed by atoms with Gasteiger partial charge in [-0.3, -0.25) is 5.41 Å². The molecule has 0 heterocycles. The van der Waals surface area contributed by atoms with Crippen molar-refractivity contribution >= 4 is 5.84 Å². The molecular weight excluding hydrogens is 248 g/mol. The van der Waals surface area contributed by atoms with Crippen molar-refractivity contribution in [1.29, 1.82) is 5.41 Å². The van der Waals surface area contributed by atoms with Gasteiger partial charge < -0.3 is 10.5 Å². The molecule has 112 valence electrons. The van der Waals surface area contributed by atoms with E-state index in [4.69, 9.17) is 15.9 Å². The van der Waals surface area contributed by atoms with Crippen LogP contribution in [0, 0.1) is 12.3 Å². The molecule has 3 nitrogen and oxygen atoms in total. The number of ether oxygens (including phenoxy) is 1. The van der Waals surface area contributed by atoms with E-state index in [0.717, 1.165) is 24.2 Å². The van der Waals surface area contributed by atoms with Gasteiger partial charge in [0.25, 0.3) is 0 Å². The number of hydrogen-bond acceptors (Lipinski definition) is 2. The van der Waals surface area contributed by atoms with E-state index in [0.29, 0.717) is 6.61 Å². The molecule has 0 aliphatic carbocycles. The third-order valence-corrected chi connectivity index (χ3v) is 3.55. The first-order valence-electron chi connectivity index (χ1n) is 7.66. The predicted octanol–water partition coefficient (Wildman–Crippen LogP) is 4.16. The van der Waals surface area contributed by atoms with Gasteiger partial charge in [-0.05, 0) is 30.5 Å². The van der Waals surface area contributed by atoms with Gasteiger partial charge in [0.05, 0.1) is 6.61 Å². The normalized spacial score (nSPS) is 10.7. The van der Waals surface area contributed by atoms with Crippen LogP contribution < -0.4 is 5.73 Å². The Labute approximate surface area is 123 Å². The van der Waals surface area contributed by atoms with Gasteiger partial charge in [-0.15, -0.1) is 0 Å². The van der Waals surface area contributed by atoms with Crippen molar-refractivity contribution in [3.05, 3.63) is 34.9 Å². The molecule has 3 heteroatoms. The number of nitrogens with one attached hydrogen (secondary N) is 1. The Balaban J connectivity index is 2.20. The van der Waals surface area contributed by atoms with Crippen LogP contribution in [0.15, 0.2) is 18.2 Å². The summed E-state index contributed by atoms with van der Waals surface area (Å²) in [5, 5.41) is 7.41. The van der Waals surface area contributed by atoms with Gasteiger partial charge in [0, 0.05) is 12.2 Å². The van der Waals surface area contributed by atoms with E-state index in [9.17, 15) is 0 Å². The van der Waals surface area contributed by atoms with E-state index < -0.39 is 0 Å². The number of rotatable bonds is 10. The first-order chi connectivity index (χ1) is 9.65. The lowest BCUT2D eigenvalue weighted by molar-refractivity contribution is 0.116. The zero-order valence-electron chi connectivity index (χ0n) is 12.9. The molecule has 0 atom stereocenters. The summed E-state index contributed by atoms with van der Waals surface area (Å²) in [6.45, 7) is 5.76. The average molecular weight is 276 g/mol. The first kappa shape index (κ1) is 16.7. The maximum Gasteiger partial charge on any atom is 0.122 e. The predicted molar refractivity (Wildman–Crippen MR) is 85.2 cm³/mol. The summed E-state index contributed by atoms with van der Waals surface area (Å²) in [4.78, 5) is 0. The lowest BCUT2D eigenvalue weighted by atomic mass is 10.1. The van der Waals surface area contributed by atoms with Crippen molar-refractivity contribution in [2.75, 3.05) is 6.61 Å². The molecule has 0 amide bonds. The van der Waals surface area contributed by atoms with Crippen molar-refractivity contribution in [1.82, 2.24) is 0 Å². The molecule has 1 rings (SSSR count). The lowest BCUT2D eigenvalue weighted by Gasteiger charge is -2.09. The van der Waals surface area contributed by atoms with Crippen molar-refractivity contribution in [2.45, 2.75) is 59.0 Å². The minimum absolute atomic E-state index is 0.118. The van der Waals surface area contributed by atoms with Crippen molar-refractivity contribution < 1.29 is 4.74 Å². The van der Waals surface area contributed by atoms with Crippen LogP contribution in [0.5, 0.6) is 0 Å². The zero-order valence-corrected chi connectivity index (χ0v) is 12.9. The summed E-state index contributed by atoms with van der Waals surface area (Å²) in [7, 11) is 0. The molecule has 0 aliphatic heterocycles. The molecule has 0 unspecified atom stereocenters. The second-order valence-corrected chi connectivity index (χ2v) is 5.38. The minimum Gasteiger partial charge on any atom is -0.384 e. The maximum atomic E-state index is 7.41. The molecule has 0 aliphatic rings. The fourth-order valence-corrected chi connectivity index (χ4v) is 2.19. The van der Waals surface area contributed by atoms with Crippen molar-refractivity contribution in [3.8, 4) is 0 Å². The number of nitrogen functional groups attached to an aromatic ring is 1. The van der Waals surface area contributed by atoms with Gasteiger partial charge in [-0.25, -0.2) is 0 Å². The number of benzene rings is 1. The summed E-state index contributed by atoms with van der Waals surface area (Å²) in [6.07, 6.45) is 7.73. The van der Waals surface area contributed by atoms with Gasteiger partial charge in [-0.1, -0.05) is 51.2 Å². The third kappa shape index (κ3) is 6.20. The Hall–Kier alpha value is -1.35. The van der Waals surface area contributed by atoms with Crippen LogP contribution >= 0.6 is 0 Å². The van der Waals surface area contributed by atoms with Gasteiger partial charge >= 0.3 is 0 Å². The Kier molecular flexibility index (Phi) is 7.97.